The lowest BCUT2D eigenvalue weighted by Crippen LogP contribution is -2.30. The Morgan fingerprint density at radius 1 is 1.04 bits per heavy atom. The van der Waals surface area contributed by atoms with Gasteiger partial charge in [0.1, 0.15) is 16.6 Å². The molecule has 6 heteroatoms. The molecule has 0 unspecified atom stereocenters. The van der Waals surface area contributed by atoms with Gasteiger partial charge in [0.2, 0.25) is 0 Å². The summed E-state index contributed by atoms with van der Waals surface area (Å²) < 4.78 is 18.2. The van der Waals surface area contributed by atoms with Gasteiger partial charge in [-0.3, -0.25) is 14.5 Å². The van der Waals surface area contributed by atoms with E-state index in [4.69, 9.17) is 16.3 Å². The predicted molar refractivity (Wildman–Crippen MR) is 87.7 cm³/mol. The molecule has 3 rings (SSSR count). The van der Waals surface area contributed by atoms with Gasteiger partial charge >= 0.3 is 0 Å². The molecule has 2 aromatic carbocycles. The third-order valence-corrected chi connectivity index (χ3v) is 4.09. The second kappa shape index (κ2) is 6.45. The van der Waals surface area contributed by atoms with Crippen LogP contribution in [0.15, 0.2) is 53.6 Å². The van der Waals surface area contributed by atoms with E-state index in [1.165, 1.54) is 31.4 Å². The van der Waals surface area contributed by atoms with E-state index < -0.39 is 11.8 Å². The van der Waals surface area contributed by atoms with Gasteiger partial charge in [-0.05, 0) is 23.8 Å². The summed E-state index contributed by atoms with van der Waals surface area (Å²) >= 11 is 6.13. The lowest BCUT2D eigenvalue weighted by molar-refractivity contribution is -0.137. The van der Waals surface area contributed by atoms with Crippen molar-refractivity contribution in [1.82, 2.24) is 4.90 Å². The van der Waals surface area contributed by atoms with E-state index in [-0.39, 0.29) is 23.0 Å². The molecule has 2 amide bonds. The van der Waals surface area contributed by atoms with Gasteiger partial charge in [0.15, 0.2) is 0 Å². The van der Waals surface area contributed by atoms with Crippen LogP contribution in [-0.2, 0) is 16.1 Å². The van der Waals surface area contributed by atoms with Crippen LogP contribution in [0.3, 0.4) is 0 Å². The third kappa shape index (κ3) is 2.78. The molecule has 2 aromatic rings. The molecule has 1 heterocycles. The summed E-state index contributed by atoms with van der Waals surface area (Å²) in [6, 6.07) is 12.4. The van der Waals surface area contributed by atoms with Crippen molar-refractivity contribution in [2.45, 2.75) is 6.54 Å². The summed E-state index contributed by atoms with van der Waals surface area (Å²) in [6.07, 6.45) is 0. The first kappa shape index (κ1) is 16.2. The molecule has 0 saturated heterocycles. The number of carbonyl (C=O) groups is 2. The van der Waals surface area contributed by atoms with E-state index in [0.717, 1.165) is 4.90 Å². The minimum Gasteiger partial charge on any atom is -0.496 e. The summed E-state index contributed by atoms with van der Waals surface area (Å²) in [5.41, 5.74) is 1.20. The average molecular weight is 346 g/mol. The molecule has 0 spiro atoms. The standard InChI is InChI=1S/C18H13ClFNO3/c1-24-14-5-3-2-4-13(14)15-16(19)18(23)21(17(15)22)10-11-6-8-12(20)9-7-11/h2-9H,10H2,1H3. The average Bonchev–Trinajstić information content (AvgIpc) is 2.80. The predicted octanol–water partition coefficient (Wildman–Crippen LogP) is 3.35. The monoisotopic (exact) mass is 345 g/mol. The van der Waals surface area contributed by atoms with Crippen LogP contribution in [0.4, 0.5) is 4.39 Å². The van der Waals surface area contributed by atoms with E-state index in [1.54, 1.807) is 24.3 Å². The maximum absolute atomic E-state index is 13.0. The van der Waals surface area contributed by atoms with Crippen molar-refractivity contribution in [3.8, 4) is 5.75 Å². The molecule has 0 saturated carbocycles. The molecule has 122 valence electrons. The maximum atomic E-state index is 13.0. The lowest BCUT2D eigenvalue weighted by Gasteiger charge is -2.15. The summed E-state index contributed by atoms with van der Waals surface area (Å²) in [4.78, 5) is 26.1. The largest absolute Gasteiger partial charge is 0.496 e. The number of carbonyl (C=O) groups excluding carboxylic acids is 2. The minimum atomic E-state index is -0.577. The van der Waals surface area contributed by atoms with Crippen LogP contribution in [0.25, 0.3) is 5.57 Å². The number of imide groups is 1. The van der Waals surface area contributed by atoms with Crippen molar-refractivity contribution in [2.24, 2.45) is 0 Å². The molecule has 0 aromatic heterocycles. The maximum Gasteiger partial charge on any atom is 0.273 e. The summed E-state index contributed by atoms with van der Waals surface area (Å²) in [5, 5.41) is -0.147. The van der Waals surface area contributed by atoms with E-state index in [9.17, 15) is 14.0 Å². The number of methoxy groups -OCH3 is 1. The number of hydrogen-bond acceptors (Lipinski definition) is 3. The van der Waals surface area contributed by atoms with Crippen LogP contribution in [0, 0.1) is 5.82 Å². The third-order valence-electron chi connectivity index (χ3n) is 3.74. The normalized spacial score (nSPS) is 14.5. The number of para-hydroxylation sites is 1. The van der Waals surface area contributed by atoms with Crippen LogP contribution in [0.2, 0.25) is 0 Å². The first-order valence-electron chi connectivity index (χ1n) is 7.16. The molecule has 0 aliphatic carbocycles. The Bertz CT molecular complexity index is 846. The lowest BCUT2D eigenvalue weighted by atomic mass is 10.0. The molecule has 0 radical (unpaired) electrons. The Labute approximate surface area is 143 Å². The van der Waals surface area contributed by atoms with Gasteiger partial charge < -0.3 is 4.74 Å². The highest BCUT2D eigenvalue weighted by molar-refractivity contribution is 6.55. The molecular formula is C18H13ClFNO3. The van der Waals surface area contributed by atoms with Crippen LogP contribution < -0.4 is 4.74 Å². The molecule has 0 atom stereocenters. The first-order valence-corrected chi connectivity index (χ1v) is 7.54. The fourth-order valence-corrected chi connectivity index (χ4v) is 2.83. The van der Waals surface area contributed by atoms with Crippen molar-refractivity contribution >= 4 is 29.0 Å². The summed E-state index contributed by atoms with van der Waals surface area (Å²) in [7, 11) is 1.48. The highest BCUT2D eigenvalue weighted by Gasteiger charge is 2.39. The van der Waals surface area contributed by atoms with Crippen LogP contribution in [0.5, 0.6) is 5.75 Å². The first-order chi connectivity index (χ1) is 11.5. The Balaban J connectivity index is 1.94. The Kier molecular flexibility index (Phi) is 4.36. The van der Waals surface area contributed by atoms with Gasteiger partial charge in [0, 0.05) is 5.56 Å². The van der Waals surface area contributed by atoms with Crippen molar-refractivity contribution < 1.29 is 18.7 Å². The molecule has 1 aliphatic heterocycles. The second-order valence-corrected chi connectivity index (χ2v) is 5.59. The smallest absolute Gasteiger partial charge is 0.273 e. The number of amides is 2. The molecule has 0 fully saturated rings. The van der Waals surface area contributed by atoms with Crippen molar-refractivity contribution in [1.29, 1.82) is 0 Å². The Hall–Kier alpha value is -2.66. The molecule has 0 bridgehead atoms. The van der Waals surface area contributed by atoms with Crippen molar-refractivity contribution in [3.05, 3.63) is 70.5 Å². The molecule has 1 aliphatic rings. The summed E-state index contributed by atoms with van der Waals surface area (Å²) in [5.74, 6) is -1.01. The van der Waals surface area contributed by atoms with Crippen LogP contribution in [-0.4, -0.2) is 23.8 Å². The number of ether oxygens (including phenoxy) is 1. The Morgan fingerprint density at radius 3 is 2.38 bits per heavy atom. The zero-order valence-corrected chi connectivity index (χ0v) is 13.5. The summed E-state index contributed by atoms with van der Waals surface area (Å²) in [6.45, 7) is 0.0207. The highest BCUT2D eigenvalue weighted by atomic mass is 35.5. The van der Waals surface area contributed by atoms with Gasteiger partial charge in [0.25, 0.3) is 11.8 Å². The molecule has 24 heavy (non-hydrogen) atoms. The van der Waals surface area contributed by atoms with Gasteiger partial charge in [0.05, 0.1) is 19.2 Å². The number of rotatable bonds is 4. The van der Waals surface area contributed by atoms with Crippen LogP contribution in [0.1, 0.15) is 11.1 Å². The topological polar surface area (TPSA) is 46.6 Å². The van der Waals surface area contributed by atoms with E-state index in [0.29, 0.717) is 16.9 Å². The molecule has 0 N–H and O–H groups in total. The van der Waals surface area contributed by atoms with Gasteiger partial charge in [-0.25, -0.2) is 4.39 Å². The Morgan fingerprint density at radius 2 is 1.71 bits per heavy atom. The molecular weight excluding hydrogens is 333 g/mol. The molecule has 4 nitrogen and oxygen atoms in total. The van der Waals surface area contributed by atoms with Gasteiger partial charge in [-0.1, -0.05) is 41.9 Å². The zero-order valence-electron chi connectivity index (χ0n) is 12.8. The van der Waals surface area contributed by atoms with E-state index in [1.807, 2.05) is 0 Å². The number of nitrogens with zero attached hydrogens (tertiary/aromatic N) is 1. The van der Waals surface area contributed by atoms with Crippen LogP contribution >= 0.6 is 11.6 Å². The van der Waals surface area contributed by atoms with E-state index in [2.05, 4.69) is 0 Å². The fourth-order valence-electron chi connectivity index (χ4n) is 2.55. The second-order valence-electron chi connectivity index (χ2n) is 5.21. The fraction of sp³-hybridized carbons (Fsp3) is 0.111. The SMILES string of the molecule is COc1ccccc1C1=C(Cl)C(=O)N(Cc2ccc(F)cc2)C1=O. The van der Waals surface area contributed by atoms with E-state index >= 15 is 0 Å². The highest BCUT2D eigenvalue weighted by Crippen LogP contribution is 2.36. The van der Waals surface area contributed by atoms with Gasteiger partial charge in [-0.2, -0.15) is 0 Å². The number of benzene rings is 2. The minimum absolute atomic E-state index is 0.0207. The number of hydrogen-bond donors (Lipinski definition) is 0. The number of halogens is 2. The van der Waals surface area contributed by atoms with Gasteiger partial charge in [-0.15, -0.1) is 0 Å². The van der Waals surface area contributed by atoms with Crippen molar-refractivity contribution in [3.63, 3.8) is 0 Å². The van der Waals surface area contributed by atoms with Crippen molar-refractivity contribution in [2.75, 3.05) is 7.11 Å². The zero-order chi connectivity index (χ0) is 17.3. The quantitative estimate of drug-likeness (QED) is 0.798.